The Hall–Kier alpha value is -0.810. The van der Waals surface area contributed by atoms with E-state index in [0.717, 1.165) is 6.42 Å². The predicted molar refractivity (Wildman–Crippen MR) is 40.8 cm³/mol. The van der Waals surface area contributed by atoms with Gasteiger partial charge in [-0.3, -0.25) is 0 Å². The van der Waals surface area contributed by atoms with E-state index in [1.807, 2.05) is 19.1 Å². The lowest BCUT2D eigenvalue weighted by atomic mass is 10.1. The van der Waals surface area contributed by atoms with Gasteiger partial charge in [-0.25, -0.2) is 4.99 Å². The van der Waals surface area contributed by atoms with Crippen LogP contribution in [-0.2, 0) is 0 Å². The summed E-state index contributed by atoms with van der Waals surface area (Å²) in [6.45, 7) is 2.01. The SMILES string of the molecule is CC1C=C(C#N)N=C(Cl)C1. The first kappa shape index (κ1) is 7.30. The Labute approximate surface area is 64.8 Å². The maximum Gasteiger partial charge on any atom is 0.138 e. The quantitative estimate of drug-likeness (QED) is 0.526. The molecule has 0 aromatic heterocycles. The van der Waals surface area contributed by atoms with E-state index in [2.05, 4.69) is 4.99 Å². The van der Waals surface area contributed by atoms with Crippen LogP contribution in [0.3, 0.4) is 0 Å². The zero-order valence-corrected chi connectivity index (χ0v) is 6.39. The molecule has 52 valence electrons. The lowest BCUT2D eigenvalue weighted by Crippen LogP contribution is -2.03. The van der Waals surface area contributed by atoms with Crippen molar-refractivity contribution < 1.29 is 0 Å². The minimum atomic E-state index is 0.347. The summed E-state index contributed by atoms with van der Waals surface area (Å²) in [7, 11) is 0. The summed E-state index contributed by atoms with van der Waals surface area (Å²) >= 11 is 5.64. The number of hydrogen-bond donors (Lipinski definition) is 0. The van der Waals surface area contributed by atoms with Crippen LogP contribution in [0.1, 0.15) is 13.3 Å². The monoisotopic (exact) mass is 154 g/mol. The highest BCUT2D eigenvalue weighted by molar-refractivity contribution is 6.65. The van der Waals surface area contributed by atoms with Gasteiger partial charge in [0.1, 0.15) is 16.9 Å². The third-order valence-electron chi connectivity index (χ3n) is 1.29. The molecule has 0 radical (unpaired) electrons. The predicted octanol–water partition coefficient (Wildman–Crippen LogP) is 2.07. The Bertz CT molecular complexity index is 234. The van der Waals surface area contributed by atoms with Crippen LogP contribution in [0.4, 0.5) is 0 Å². The standard InChI is InChI=1S/C7H7ClN2/c1-5-2-6(4-9)10-7(8)3-5/h2,5H,3H2,1H3. The van der Waals surface area contributed by atoms with E-state index in [1.54, 1.807) is 0 Å². The molecule has 1 rings (SSSR count). The van der Waals surface area contributed by atoms with Gasteiger partial charge < -0.3 is 0 Å². The Morgan fingerprint density at radius 1 is 1.90 bits per heavy atom. The first-order chi connectivity index (χ1) is 4.72. The van der Waals surface area contributed by atoms with Crippen molar-refractivity contribution in [1.29, 1.82) is 5.26 Å². The van der Waals surface area contributed by atoms with Gasteiger partial charge in [-0.15, -0.1) is 0 Å². The second-order valence-corrected chi connectivity index (χ2v) is 2.77. The van der Waals surface area contributed by atoms with Gasteiger partial charge in [0, 0.05) is 6.42 Å². The minimum absolute atomic E-state index is 0.347. The van der Waals surface area contributed by atoms with E-state index in [4.69, 9.17) is 16.9 Å². The fourth-order valence-corrected chi connectivity index (χ4v) is 1.20. The molecule has 10 heavy (non-hydrogen) atoms. The molecule has 0 bridgehead atoms. The van der Waals surface area contributed by atoms with Gasteiger partial charge in [0.25, 0.3) is 0 Å². The van der Waals surface area contributed by atoms with E-state index in [0.29, 0.717) is 16.8 Å². The minimum Gasteiger partial charge on any atom is -0.230 e. The fraction of sp³-hybridized carbons (Fsp3) is 0.429. The summed E-state index contributed by atoms with van der Waals surface area (Å²) in [5, 5.41) is 8.98. The average Bonchev–Trinajstić information content (AvgIpc) is 1.85. The highest BCUT2D eigenvalue weighted by atomic mass is 35.5. The van der Waals surface area contributed by atoms with Crippen LogP contribution in [0.5, 0.6) is 0 Å². The van der Waals surface area contributed by atoms with Crippen LogP contribution < -0.4 is 0 Å². The Morgan fingerprint density at radius 3 is 3.10 bits per heavy atom. The molecule has 1 unspecified atom stereocenters. The second-order valence-electron chi connectivity index (χ2n) is 2.33. The van der Waals surface area contributed by atoms with E-state index in [-0.39, 0.29) is 0 Å². The maximum atomic E-state index is 8.44. The van der Waals surface area contributed by atoms with Crippen molar-refractivity contribution in [2.75, 3.05) is 0 Å². The zero-order chi connectivity index (χ0) is 7.56. The molecule has 0 fully saturated rings. The third-order valence-corrected chi connectivity index (χ3v) is 1.53. The number of hydrogen-bond acceptors (Lipinski definition) is 2. The Kier molecular flexibility index (Phi) is 2.08. The van der Waals surface area contributed by atoms with Gasteiger partial charge in [0.2, 0.25) is 0 Å². The van der Waals surface area contributed by atoms with Gasteiger partial charge in [-0.2, -0.15) is 5.26 Å². The average molecular weight is 155 g/mol. The van der Waals surface area contributed by atoms with Gasteiger partial charge in [0.15, 0.2) is 0 Å². The van der Waals surface area contributed by atoms with Crippen LogP contribution in [0.25, 0.3) is 0 Å². The molecule has 0 saturated carbocycles. The van der Waals surface area contributed by atoms with Gasteiger partial charge >= 0.3 is 0 Å². The highest BCUT2D eigenvalue weighted by Crippen LogP contribution is 2.17. The number of nitriles is 1. The fourth-order valence-electron chi connectivity index (χ4n) is 0.870. The molecule has 0 amide bonds. The number of rotatable bonds is 0. The molecule has 1 aliphatic heterocycles. The van der Waals surface area contributed by atoms with Crippen LogP contribution >= 0.6 is 11.6 Å². The Morgan fingerprint density at radius 2 is 2.60 bits per heavy atom. The van der Waals surface area contributed by atoms with Crippen molar-refractivity contribution in [3.05, 3.63) is 11.8 Å². The summed E-state index contributed by atoms with van der Waals surface area (Å²) in [4.78, 5) is 3.83. The summed E-state index contributed by atoms with van der Waals surface area (Å²) in [5.74, 6) is 0.347. The number of nitrogens with zero attached hydrogens (tertiary/aromatic N) is 2. The van der Waals surface area contributed by atoms with Gasteiger partial charge in [-0.1, -0.05) is 18.5 Å². The number of aliphatic imine (C=N–C) groups is 1. The van der Waals surface area contributed by atoms with Crippen molar-refractivity contribution in [1.82, 2.24) is 0 Å². The maximum absolute atomic E-state index is 8.44. The highest BCUT2D eigenvalue weighted by Gasteiger charge is 2.10. The lowest BCUT2D eigenvalue weighted by molar-refractivity contribution is 0.755. The van der Waals surface area contributed by atoms with Crippen molar-refractivity contribution in [2.45, 2.75) is 13.3 Å². The van der Waals surface area contributed by atoms with Crippen LogP contribution in [0.15, 0.2) is 16.8 Å². The molecular formula is C7H7ClN2. The van der Waals surface area contributed by atoms with E-state index in [1.165, 1.54) is 0 Å². The molecule has 2 nitrogen and oxygen atoms in total. The molecule has 0 aliphatic carbocycles. The summed E-state index contributed by atoms with van der Waals surface area (Å²) in [5.41, 5.74) is 0.434. The molecule has 0 N–H and O–H groups in total. The molecule has 0 spiro atoms. The van der Waals surface area contributed by atoms with Gasteiger partial charge in [-0.05, 0) is 12.0 Å². The van der Waals surface area contributed by atoms with E-state index in [9.17, 15) is 0 Å². The summed E-state index contributed by atoms with van der Waals surface area (Å²) < 4.78 is 0. The van der Waals surface area contributed by atoms with E-state index < -0.39 is 0 Å². The molecule has 0 saturated heterocycles. The van der Waals surface area contributed by atoms with Gasteiger partial charge in [0.05, 0.1) is 0 Å². The van der Waals surface area contributed by atoms with E-state index >= 15 is 0 Å². The molecule has 3 heteroatoms. The first-order valence-corrected chi connectivity index (χ1v) is 3.45. The molecule has 1 heterocycles. The molecular weight excluding hydrogens is 148 g/mol. The van der Waals surface area contributed by atoms with Crippen molar-refractivity contribution in [3.8, 4) is 6.07 Å². The zero-order valence-electron chi connectivity index (χ0n) is 5.63. The smallest absolute Gasteiger partial charge is 0.138 e. The molecule has 1 aliphatic rings. The Balaban J connectivity index is 2.84. The summed E-state index contributed by atoms with van der Waals surface area (Å²) in [6, 6.07) is 1.95. The number of halogens is 1. The number of allylic oxidation sites excluding steroid dienone is 2. The lowest BCUT2D eigenvalue weighted by Gasteiger charge is -2.08. The summed E-state index contributed by atoms with van der Waals surface area (Å²) in [6.07, 6.45) is 2.58. The molecule has 0 aromatic rings. The van der Waals surface area contributed by atoms with Crippen molar-refractivity contribution >= 4 is 16.8 Å². The second kappa shape index (κ2) is 2.85. The topological polar surface area (TPSA) is 36.1 Å². The van der Waals surface area contributed by atoms with Crippen molar-refractivity contribution in [2.24, 2.45) is 10.9 Å². The first-order valence-electron chi connectivity index (χ1n) is 3.07. The normalized spacial score (nSPS) is 24.7. The van der Waals surface area contributed by atoms with Crippen LogP contribution in [0.2, 0.25) is 0 Å². The third kappa shape index (κ3) is 1.58. The largest absolute Gasteiger partial charge is 0.230 e. The van der Waals surface area contributed by atoms with Crippen LogP contribution in [0, 0.1) is 17.2 Å². The van der Waals surface area contributed by atoms with Crippen molar-refractivity contribution in [3.63, 3.8) is 0 Å². The molecule has 1 atom stereocenters. The van der Waals surface area contributed by atoms with Crippen LogP contribution in [-0.4, -0.2) is 5.17 Å². The molecule has 0 aromatic carbocycles.